The van der Waals surface area contributed by atoms with Crippen molar-refractivity contribution < 1.29 is 57.6 Å². The molecule has 3 heterocycles. The zero-order valence-electron chi connectivity index (χ0n) is 25.8. The van der Waals surface area contributed by atoms with Crippen LogP contribution in [0.5, 0.6) is 0 Å². The molecule has 8 rings (SSSR count). The highest BCUT2D eigenvalue weighted by Gasteiger charge is 2.93. The van der Waals surface area contributed by atoms with Gasteiger partial charge in [0.15, 0.2) is 5.60 Å². The molecule has 8 fully saturated rings. The lowest BCUT2D eigenvalue weighted by Gasteiger charge is -2.62. The van der Waals surface area contributed by atoms with Gasteiger partial charge in [-0.3, -0.25) is 24.0 Å². The lowest BCUT2D eigenvalue weighted by atomic mass is 9.42. The number of epoxide rings is 2. The van der Waals surface area contributed by atoms with Crippen LogP contribution in [0.25, 0.3) is 0 Å². The molecule has 2 unspecified atom stereocenters. The minimum atomic E-state index is -2.12. The van der Waals surface area contributed by atoms with Crippen molar-refractivity contribution in [2.75, 3.05) is 0 Å². The van der Waals surface area contributed by atoms with E-state index in [0.717, 1.165) is 0 Å². The SMILES string of the molecule is CC(=O)O[C@H]1C2C(C(=O)C(=O)[C@H]3C[C@@H]4O[C@@H]4C[C@]23C)[C@@H]2C(=O)[C@@H]3[C@H]([C@H](C)[C@H]4O[C@]45OC(=O)[C@@](C)(O)[C@]35C)[C@@]2(C)[C@H]1OC(C)=O. The summed E-state index contributed by atoms with van der Waals surface area (Å²) in [5.41, 5.74) is -5.93. The summed E-state index contributed by atoms with van der Waals surface area (Å²) in [6.07, 6.45) is -2.49. The molecule has 8 aliphatic rings. The summed E-state index contributed by atoms with van der Waals surface area (Å²) in [7, 11) is 0. The molecule has 1 spiro atoms. The van der Waals surface area contributed by atoms with Gasteiger partial charge in [0.05, 0.1) is 17.6 Å². The summed E-state index contributed by atoms with van der Waals surface area (Å²) < 4.78 is 29.8. The first-order valence-corrected chi connectivity index (χ1v) is 15.6. The van der Waals surface area contributed by atoms with E-state index < -0.39 is 123 Å². The molecule has 5 aliphatic carbocycles. The number of rotatable bonds is 2. The second-order valence-electron chi connectivity index (χ2n) is 15.6. The minimum Gasteiger partial charge on any atom is -0.458 e. The Morgan fingerprint density at radius 3 is 2.20 bits per heavy atom. The maximum Gasteiger partial charge on any atom is 0.341 e. The van der Waals surface area contributed by atoms with Crippen LogP contribution in [0.1, 0.15) is 61.3 Å². The average molecular weight is 615 g/mol. The summed E-state index contributed by atoms with van der Waals surface area (Å²) in [5, 5.41) is 11.7. The number of Topliss-reactive ketones (excluding diaryl/α,β-unsaturated/α-hetero) is 3. The van der Waals surface area contributed by atoms with Crippen LogP contribution in [0.15, 0.2) is 0 Å². The predicted molar refractivity (Wildman–Crippen MR) is 143 cm³/mol. The molecule has 12 heteroatoms. The highest BCUT2D eigenvalue weighted by molar-refractivity contribution is 6.40. The summed E-state index contributed by atoms with van der Waals surface area (Å²) in [6, 6.07) is 0. The second kappa shape index (κ2) is 7.98. The Hall–Kier alpha value is -2.70. The van der Waals surface area contributed by atoms with Gasteiger partial charge in [0, 0.05) is 48.9 Å². The summed E-state index contributed by atoms with van der Waals surface area (Å²) >= 11 is 0. The van der Waals surface area contributed by atoms with E-state index in [4.69, 9.17) is 23.7 Å². The lowest BCUT2D eigenvalue weighted by Crippen LogP contribution is -2.71. The van der Waals surface area contributed by atoms with E-state index in [1.54, 1.807) is 13.8 Å². The molecule has 44 heavy (non-hydrogen) atoms. The molecule has 5 saturated carbocycles. The van der Waals surface area contributed by atoms with Gasteiger partial charge < -0.3 is 28.8 Å². The first kappa shape index (κ1) is 28.8. The van der Waals surface area contributed by atoms with Crippen LogP contribution in [0, 0.1) is 57.7 Å². The van der Waals surface area contributed by atoms with Gasteiger partial charge in [-0.25, -0.2) is 4.79 Å². The molecule has 0 aromatic heterocycles. The van der Waals surface area contributed by atoms with E-state index in [2.05, 4.69) is 0 Å². The van der Waals surface area contributed by atoms with Crippen molar-refractivity contribution in [1.82, 2.24) is 0 Å². The molecule has 0 aromatic rings. The first-order valence-electron chi connectivity index (χ1n) is 15.6. The van der Waals surface area contributed by atoms with E-state index in [0.29, 0.717) is 12.8 Å². The van der Waals surface area contributed by atoms with E-state index in [1.807, 2.05) is 13.8 Å². The number of fused-ring (bicyclic) bond motifs is 9. The van der Waals surface area contributed by atoms with E-state index >= 15 is 4.79 Å². The molecule has 238 valence electrons. The molecule has 0 aromatic carbocycles. The molecule has 17 atom stereocenters. The largest absolute Gasteiger partial charge is 0.458 e. The van der Waals surface area contributed by atoms with Gasteiger partial charge in [0.25, 0.3) is 5.79 Å². The van der Waals surface area contributed by atoms with Gasteiger partial charge in [-0.1, -0.05) is 20.8 Å². The van der Waals surface area contributed by atoms with E-state index in [9.17, 15) is 29.1 Å². The van der Waals surface area contributed by atoms with Crippen LogP contribution in [-0.2, 0) is 52.5 Å². The van der Waals surface area contributed by atoms with Gasteiger partial charge in [-0.05, 0) is 43.9 Å². The van der Waals surface area contributed by atoms with Crippen molar-refractivity contribution in [1.29, 1.82) is 0 Å². The number of hydrogen-bond acceptors (Lipinski definition) is 12. The van der Waals surface area contributed by atoms with Crippen LogP contribution in [0.2, 0.25) is 0 Å². The predicted octanol–water partition coefficient (Wildman–Crippen LogP) is 0.928. The van der Waals surface area contributed by atoms with E-state index in [-0.39, 0.29) is 12.2 Å². The Morgan fingerprint density at radius 2 is 1.57 bits per heavy atom. The van der Waals surface area contributed by atoms with Crippen molar-refractivity contribution in [3.05, 3.63) is 0 Å². The van der Waals surface area contributed by atoms with E-state index in [1.165, 1.54) is 20.8 Å². The lowest BCUT2D eigenvalue weighted by molar-refractivity contribution is -0.241. The number of carbonyl (C=O) groups is 6. The Labute approximate surface area is 253 Å². The van der Waals surface area contributed by atoms with Crippen LogP contribution in [0.3, 0.4) is 0 Å². The third-order valence-electron chi connectivity index (χ3n) is 13.8. The van der Waals surface area contributed by atoms with Gasteiger partial charge >= 0.3 is 17.9 Å². The normalized spacial score (nSPS) is 59.1. The van der Waals surface area contributed by atoms with Crippen LogP contribution in [0.4, 0.5) is 0 Å². The van der Waals surface area contributed by atoms with Gasteiger partial charge in [0.1, 0.15) is 24.1 Å². The maximum atomic E-state index is 15.2. The smallest absolute Gasteiger partial charge is 0.341 e. The second-order valence-corrected chi connectivity index (χ2v) is 15.6. The molecule has 3 saturated heterocycles. The molecule has 12 nitrogen and oxygen atoms in total. The highest BCUT2D eigenvalue weighted by atomic mass is 16.8. The number of esters is 3. The van der Waals surface area contributed by atoms with Crippen LogP contribution in [-0.4, -0.2) is 82.3 Å². The number of hydrogen-bond donors (Lipinski definition) is 1. The first-order chi connectivity index (χ1) is 20.4. The topological polar surface area (TPSA) is 175 Å². The standard InChI is InChI=1S/C32H38O12/c1-10-17-20(30(6)31(7,39)27(38)44-32(30)25(10)43-32)23(37)18-16-19(24(40-11(2)33)26(29(17,18)5)41-12(3)34)28(4)9-15-14(42-15)8-13(28)21(35)22(16)36/h10,13-20,24-26,39H,8-9H2,1-7H3/t10-,13+,14-,15+,16?,17-,18+,19?,20-,24-,25+,26-,28-,29+,30-,31+,32-/m0/s1. The van der Waals surface area contributed by atoms with Gasteiger partial charge in [-0.2, -0.15) is 0 Å². The molecule has 1 N–H and O–H groups in total. The molecule has 0 amide bonds. The number of carbonyl (C=O) groups excluding carboxylic acids is 6. The molecule has 3 aliphatic heterocycles. The van der Waals surface area contributed by atoms with Crippen LogP contribution < -0.4 is 0 Å². The third kappa shape index (κ3) is 2.85. The molecule has 0 radical (unpaired) electrons. The molecular weight excluding hydrogens is 576 g/mol. The van der Waals surface area contributed by atoms with Crippen molar-refractivity contribution in [2.45, 2.75) is 103 Å². The van der Waals surface area contributed by atoms with Crippen LogP contribution >= 0.6 is 0 Å². The number of aliphatic hydroxyl groups is 1. The van der Waals surface area contributed by atoms with Gasteiger partial charge in [-0.15, -0.1) is 0 Å². The van der Waals surface area contributed by atoms with Crippen molar-refractivity contribution >= 4 is 35.3 Å². The molecular formula is C32H38O12. The maximum absolute atomic E-state index is 15.2. The van der Waals surface area contributed by atoms with Gasteiger partial charge in [0.2, 0.25) is 11.6 Å². The molecule has 0 bridgehead atoms. The van der Waals surface area contributed by atoms with Crippen molar-refractivity contribution in [3.8, 4) is 0 Å². The van der Waals surface area contributed by atoms with Crippen molar-refractivity contribution in [3.63, 3.8) is 0 Å². The summed E-state index contributed by atoms with van der Waals surface area (Å²) in [5.74, 6) is -11.5. The Morgan fingerprint density at radius 1 is 0.909 bits per heavy atom. The third-order valence-corrected chi connectivity index (χ3v) is 13.8. The fraction of sp³-hybridized carbons (Fsp3) is 0.812. The fourth-order valence-corrected chi connectivity index (χ4v) is 11.9. The summed E-state index contributed by atoms with van der Waals surface area (Å²) in [6.45, 7) is 10.9. The monoisotopic (exact) mass is 614 g/mol. The minimum absolute atomic E-state index is 0.127. The summed E-state index contributed by atoms with van der Waals surface area (Å²) in [4.78, 5) is 82.2. The Balaban J connectivity index is 1.38. The number of ether oxygens (including phenoxy) is 5. The average Bonchev–Trinajstić information content (AvgIpc) is 3.82. The zero-order chi connectivity index (χ0) is 31.8. The quantitative estimate of drug-likeness (QED) is 0.202. The number of ketones is 3. The Kier molecular flexibility index (Phi) is 5.22. The van der Waals surface area contributed by atoms with Crippen molar-refractivity contribution in [2.24, 2.45) is 57.7 Å². The Bertz CT molecular complexity index is 1480. The zero-order valence-corrected chi connectivity index (χ0v) is 25.8. The highest BCUT2D eigenvalue weighted by Crippen LogP contribution is 2.79. The fourth-order valence-electron chi connectivity index (χ4n) is 11.9.